The highest BCUT2D eigenvalue weighted by Gasteiger charge is 2.47. The minimum Gasteiger partial charge on any atom is -0.381 e. The fourth-order valence-corrected chi connectivity index (χ4v) is 3.98. The minimum atomic E-state index is -0.0853. The quantitative estimate of drug-likeness (QED) is 0.821. The Bertz CT molecular complexity index is 755. The summed E-state index contributed by atoms with van der Waals surface area (Å²) in [6.07, 6.45) is 1.91. The molecule has 1 saturated heterocycles. The van der Waals surface area contributed by atoms with Gasteiger partial charge >= 0.3 is 0 Å². The van der Waals surface area contributed by atoms with Crippen LogP contribution < -0.4 is 5.73 Å². The molecule has 2 aromatic carbocycles. The normalized spacial score (nSPS) is 19.7. The van der Waals surface area contributed by atoms with Gasteiger partial charge in [-0.3, -0.25) is 5.73 Å². The van der Waals surface area contributed by atoms with Crippen LogP contribution in [0.15, 0.2) is 48.5 Å². The lowest BCUT2D eigenvalue weighted by molar-refractivity contribution is -0.465. The Hall–Kier alpha value is -2.13. The van der Waals surface area contributed by atoms with Crippen molar-refractivity contribution in [2.24, 2.45) is 5.73 Å². The molecule has 2 N–H and O–H groups in total. The number of nitrogens with two attached hydrogens (primary N) is 1. The molecule has 2 aliphatic rings. The van der Waals surface area contributed by atoms with Crippen molar-refractivity contribution in [3.8, 4) is 0 Å². The third-order valence-corrected chi connectivity index (χ3v) is 5.33. The van der Waals surface area contributed by atoms with Crippen LogP contribution in [0, 0.1) is 6.92 Å². The highest BCUT2D eigenvalue weighted by Crippen LogP contribution is 2.41. The summed E-state index contributed by atoms with van der Waals surface area (Å²) in [5, 5.41) is 0. The number of hydrogen-bond donors (Lipinski definition) is 1. The van der Waals surface area contributed by atoms with E-state index in [9.17, 15) is 0 Å². The first-order valence-corrected chi connectivity index (χ1v) is 8.34. The van der Waals surface area contributed by atoms with Crippen molar-refractivity contribution in [1.29, 1.82) is 0 Å². The number of fused-ring (bicyclic) bond motifs is 2. The topological polar surface area (TPSA) is 38.3 Å². The Labute approximate surface area is 137 Å². The summed E-state index contributed by atoms with van der Waals surface area (Å²) in [5.74, 6) is 0.975. The van der Waals surface area contributed by atoms with Crippen LogP contribution in [0.5, 0.6) is 0 Å². The van der Waals surface area contributed by atoms with Crippen molar-refractivity contribution in [1.82, 2.24) is 0 Å². The van der Waals surface area contributed by atoms with Crippen LogP contribution in [0.1, 0.15) is 29.5 Å². The number of benzene rings is 2. The molecule has 0 unspecified atom stereocenters. The second kappa shape index (κ2) is 5.50. The number of nitrogens with zero attached hydrogens (tertiary/aromatic N) is 1. The van der Waals surface area contributed by atoms with E-state index >= 15 is 0 Å². The zero-order valence-electron chi connectivity index (χ0n) is 13.6. The van der Waals surface area contributed by atoms with Gasteiger partial charge in [0.1, 0.15) is 17.6 Å². The first kappa shape index (κ1) is 14.5. The van der Waals surface area contributed by atoms with E-state index in [0.717, 1.165) is 38.4 Å². The van der Waals surface area contributed by atoms with Gasteiger partial charge in [-0.05, 0) is 43.0 Å². The molecule has 2 aromatic rings. The molecule has 0 aromatic heterocycles. The van der Waals surface area contributed by atoms with E-state index in [-0.39, 0.29) is 5.41 Å². The fraction of sp³-hybridized carbons (Fsp3) is 0.350. The summed E-state index contributed by atoms with van der Waals surface area (Å²) in [5.41, 5.74) is 11.9. The summed E-state index contributed by atoms with van der Waals surface area (Å²) in [6.45, 7) is 4.50. The Morgan fingerprint density at radius 2 is 1.70 bits per heavy atom. The van der Waals surface area contributed by atoms with Crippen LogP contribution in [-0.2, 0) is 16.7 Å². The van der Waals surface area contributed by atoms with Gasteiger partial charge in [-0.25, -0.2) is 4.58 Å². The monoisotopic (exact) mass is 307 g/mol. The summed E-state index contributed by atoms with van der Waals surface area (Å²) in [6, 6.07) is 17.4. The van der Waals surface area contributed by atoms with Crippen molar-refractivity contribution in [3.05, 3.63) is 65.2 Å². The zero-order valence-corrected chi connectivity index (χ0v) is 13.6. The average molecular weight is 307 g/mol. The lowest BCUT2D eigenvalue weighted by Crippen LogP contribution is -2.52. The molecule has 2 heterocycles. The molecule has 0 radical (unpaired) electrons. The first-order chi connectivity index (χ1) is 11.2. The molecule has 3 nitrogen and oxygen atoms in total. The Kier molecular flexibility index (Phi) is 3.46. The van der Waals surface area contributed by atoms with E-state index in [2.05, 4.69) is 60.0 Å². The predicted octanol–water partition coefficient (Wildman–Crippen LogP) is 3.26. The van der Waals surface area contributed by atoms with E-state index in [0.29, 0.717) is 0 Å². The molecule has 23 heavy (non-hydrogen) atoms. The minimum absolute atomic E-state index is 0.0853. The maximum Gasteiger partial charge on any atom is 0.259 e. The molecule has 0 amide bonds. The standard InChI is InChI=1S/C20H22N2O/c1-15-6-8-17(9-7-15)22-14-16-4-2-3-5-18(16)20(19(22)21)10-12-23-13-11-20/h2-9,21H,10-14H2,1H3/p+1. The molecule has 4 rings (SSSR count). The molecule has 1 spiro atoms. The van der Waals surface area contributed by atoms with Crippen LogP contribution in [0.3, 0.4) is 0 Å². The molecule has 1 fully saturated rings. The number of aryl methyl sites for hydroxylation is 1. The summed E-state index contributed by atoms with van der Waals surface area (Å²) in [4.78, 5) is 0. The maximum atomic E-state index is 6.76. The zero-order chi connectivity index (χ0) is 15.9. The van der Waals surface area contributed by atoms with Crippen LogP contribution >= 0.6 is 0 Å². The van der Waals surface area contributed by atoms with Gasteiger partial charge in [-0.1, -0.05) is 42.0 Å². The average Bonchev–Trinajstić information content (AvgIpc) is 2.60. The summed E-state index contributed by atoms with van der Waals surface area (Å²) < 4.78 is 7.91. The van der Waals surface area contributed by atoms with Gasteiger partial charge in [0.15, 0.2) is 0 Å². The van der Waals surface area contributed by atoms with E-state index in [1.54, 1.807) is 0 Å². The molecular formula is C20H23N2O+. The van der Waals surface area contributed by atoms with Crippen LogP contribution in [0.2, 0.25) is 0 Å². The first-order valence-electron chi connectivity index (χ1n) is 8.34. The summed E-state index contributed by atoms with van der Waals surface area (Å²) in [7, 11) is 0. The second-order valence-corrected chi connectivity index (χ2v) is 6.66. The second-order valence-electron chi connectivity index (χ2n) is 6.66. The smallest absolute Gasteiger partial charge is 0.259 e. The SMILES string of the molecule is Cc1ccc([N+]2=C(N)C3(CCOCC3)c3ccccc3C2)cc1. The van der Waals surface area contributed by atoms with Crippen molar-refractivity contribution in [3.63, 3.8) is 0 Å². The highest BCUT2D eigenvalue weighted by molar-refractivity contribution is 5.90. The van der Waals surface area contributed by atoms with E-state index in [1.807, 2.05) is 0 Å². The van der Waals surface area contributed by atoms with Gasteiger partial charge in [0.2, 0.25) is 0 Å². The Morgan fingerprint density at radius 3 is 2.43 bits per heavy atom. The fourth-order valence-electron chi connectivity index (χ4n) is 3.98. The largest absolute Gasteiger partial charge is 0.381 e. The third-order valence-electron chi connectivity index (χ3n) is 5.33. The van der Waals surface area contributed by atoms with Crippen molar-refractivity contribution < 1.29 is 9.31 Å². The molecule has 2 aliphatic heterocycles. The lowest BCUT2D eigenvalue weighted by Gasteiger charge is -2.39. The van der Waals surface area contributed by atoms with Gasteiger partial charge < -0.3 is 4.74 Å². The van der Waals surface area contributed by atoms with Crippen LogP contribution in [0.4, 0.5) is 5.69 Å². The van der Waals surface area contributed by atoms with Gasteiger partial charge in [-0.15, -0.1) is 0 Å². The van der Waals surface area contributed by atoms with Crippen LogP contribution in [0.25, 0.3) is 0 Å². The van der Waals surface area contributed by atoms with Gasteiger partial charge in [0.25, 0.3) is 5.84 Å². The molecule has 0 atom stereocenters. The maximum absolute atomic E-state index is 6.76. The number of hydrogen-bond acceptors (Lipinski definition) is 2. The van der Waals surface area contributed by atoms with E-state index in [4.69, 9.17) is 10.5 Å². The van der Waals surface area contributed by atoms with Gasteiger partial charge in [-0.2, -0.15) is 0 Å². The molecular weight excluding hydrogens is 284 g/mol. The molecule has 118 valence electrons. The molecule has 0 aliphatic carbocycles. The molecule has 0 bridgehead atoms. The Morgan fingerprint density at radius 1 is 1.00 bits per heavy atom. The predicted molar refractivity (Wildman–Crippen MR) is 92.2 cm³/mol. The van der Waals surface area contributed by atoms with E-state index in [1.165, 1.54) is 22.4 Å². The van der Waals surface area contributed by atoms with E-state index < -0.39 is 0 Å². The lowest BCUT2D eigenvalue weighted by atomic mass is 9.70. The van der Waals surface area contributed by atoms with Crippen molar-refractivity contribution in [2.45, 2.75) is 31.7 Å². The summed E-state index contributed by atoms with van der Waals surface area (Å²) >= 11 is 0. The molecule has 3 heteroatoms. The third kappa shape index (κ3) is 2.27. The molecule has 0 saturated carbocycles. The highest BCUT2D eigenvalue weighted by atomic mass is 16.5. The Balaban J connectivity index is 1.89. The van der Waals surface area contributed by atoms with Gasteiger partial charge in [0.05, 0.1) is 0 Å². The number of amidine groups is 1. The van der Waals surface area contributed by atoms with Gasteiger partial charge in [0, 0.05) is 13.2 Å². The van der Waals surface area contributed by atoms with Crippen molar-refractivity contribution >= 4 is 11.5 Å². The number of rotatable bonds is 1. The number of ether oxygens (including phenoxy) is 1. The van der Waals surface area contributed by atoms with Crippen LogP contribution in [-0.4, -0.2) is 23.6 Å². The van der Waals surface area contributed by atoms with Crippen molar-refractivity contribution in [2.75, 3.05) is 13.2 Å².